The van der Waals surface area contributed by atoms with Crippen LogP contribution >= 0.6 is 11.8 Å². The van der Waals surface area contributed by atoms with Gasteiger partial charge in [0.05, 0.1) is 11.0 Å². The monoisotopic (exact) mass is 682 g/mol. The zero-order valence-corrected chi connectivity index (χ0v) is 28.8. The van der Waals surface area contributed by atoms with Crippen molar-refractivity contribution in [3.63, 3.8) is 0 Å². The largest absolute Gasteiger partial charge is 0.309 e. The second kappa shape index (κ2) is 12.6. The Hall–Kier alpha value is -6.56. The first kappa shape index (κ1) is 30.3. The van der Waals surface area contributed by atoms with Gasteiger partial charge in [-0.1, -0.05) is 151 Å². The second-order valence-electron chi connectivity index (χ2n) is 12.9. The smallest absolute Gasteiger partial charge is 0.164 e. The van der Waals surface area contributed by atoms with Gasteiger partial charge < -0.3 is 4.57 Å². The van der Waals surface area contributed by atoms with E-state index >= 15 is 0 Å². The summed E-state index contributed by atoms with van der Waals surface area (Å²) in [5.74, 6) is 1.94. The molecule has 0 spiro atoms. The van der Waals surface area contributed by atoms with Crippen LogP contribution in [0.1, 0.15) is 11.1 Å². The maximum absolute atomic E-state index is 4.98. The van der Waals surface area contributed by atoms with E-state index in [1.54, 1.807) is 0 Å². The average Bonchev–Trinajstić information content (AvgIpc) is 3.41. The third-order valence-corrected chi connectivity index (χ3v) is 10.8. The van der Waals surface area contributed by atoms with Gasteiger partial charge in [-0.3, -0.25) is 0 Å². The summed E-state index contributed by atoms with van der Waals surface area (Å²) in [4.78, 5) is 17.4. The summed E-state index contributed by atoms with van der Waals surface area (Å²) in [6.45, 7) is 0. The lowest BCUT2D eigenvalue weighted by Crippen LogP contribution is -2.00. The van der Waals surface area contributed by atoms with E-state index in [0.717, 1.165) is 33.5 Å². The molecule has 0 N–H and O–H groups in total. The number of hydrogen-bond donors (Lipinski definition) is 0. The van der Waals surface area contributed by atoms with Crippen LogP contribution in [0.25, 0.3) is 84.9 Å². The minimum absolute atomic E-state index is 0.641. The summed E-state index contributed by atoms with van der Waals surface area (Å²) in [6.07, 6.45) is 4.49. The number of nitrogens with zero attached hydrogens (tertiary/aromatic N) is 4. The molecule has 0 saturated carbocycles. The molecule has 0 aliphatic carbocycles. The van der Waals surface area contributed by atoms with Crippen molar-refractivity contribution < 1.29 is 0 Å². The molecule has 0 radical (unpaired) electrons. The van der Waals surface area contributed by atoms with Crippen LogP contribution in [-0.4, -0.2) is 19.5 Å². The van der Waals surface area contributed by atoms with Gasteiger partial charge in [-0.2, -0.15) is 0 Å². The molecular formula is C47H30N4S. The molecule has 0 saturated heterocycles. The first-order chi connectivity index (χ1) is 25.7. The van der Waals surface area contributed by atoms with Crippen molar-refractivity contribution in [2.75, 3.05) is 0 Å². The third kappa shape index (κ3) is 5.39. The fourth-order valence-corrected chi connectivity index (χ4v) is 8.18. The molecule has 0 amide bonds. The molecular weight excluding hydrogens is 653 g/mol. The number of rotatable bonds is 5. The molecule has 3 heterocycles. The van der Waals surface area contributed by atoms with Gasteiger partial charge in [-0.15, -0.1) is 0 Å². The number of para-hydroxylation sites is 1. The standard InChI is InChI=1S/C47H30N4S/c1-3-14-32(15-4-1)45-48-46(33-16-5-2-6-17-33)50-47(49-45)37-20-11-18-34(27-37)35-19-12-21-38(28-35)51-41-23-9-8-22-39(41)40-30-44-36(29-42(40)51)26-25-31-13-7-10-24-43(31)52-44/h1-30H. The summed E-state index contributed by atoms with van der Waals surface area (Å²) >= 11 is 1.84. The molecule has 0 bridgehead atoms. The van der Waals surface area contributed by atoms with Crippen LogP contribution in [0.15, 0.2) is 180 Å². The molecule has 244 valence electrons. The Morgan fingerprint density at radius 2 is 0.942 bits per heavy atom. The highest BCUT2D eigenvalue weighted by Crippen LogP contribution is 2.42. The first-order valence-corrected chi connectivity index (χ1v) is 18.2. The highest BCUT2D eigenvalue weighted by molar-refractivity contribution is 7.99. The minimum atomic E-state index is 0.641. The van der Waals surface area contributed by atoms with Crippen LogP contribution < -0.4 is 0 Å². The SMILES string of the molecule is C1=Cc2cc3c(cc2Sc2ccccc21)c1ccccc1n3-c1cccc(-c2cccc(-c3nc(-c4ccccc4)nc(-c4ccccc4)n3)c2)c1. The van der Waals surface area contributed by atoms with Crippen molar-refractivity contribution in [1.29, 1.82) is 0 Å². The summed E-state index contributed by atoms with van der Waals surface area (Å²) in [6, 6.07) is 59.6. The number of hydrogen-bond acceptors (Lipinski definition) is 4. The zero-order chi connectivity index (χ0) is 34.4. The Balaban J connectivity index is 1.09. The molecule has 9 aromatic rings. The van der Waals surface area contributed by atoms with E-state index in [4.69, 9.17) is 15.0 Å². The number of benzene rings is 7. The van der Waals surface area contributed by atoms with E-state index in [0.29, 0.717) is 17.5 Å². The number of aromatic nitrogens is 4. The van der Waals surface area contributed by atoms with Crippen molar-refractivity contribution in [3.8, 4) is 51.0 Å². The van der Waals surface area contributed by atoms with Crippen LogP contribution in [0.2, 0.25) is 0 Å². The molecule has 2 aromatic heterocycles. The fourth-order valence-electron chi connectivity index (χ4n) is 7.12. The van der Waals surface area contributed by atoms with E-state index in [2.05, 4.69) is 126 Å². The van der Waals surface area contributed by atoms with E-state index in [-0.39, 0.29) is 0 Å². The van der Waals surface area contributed by atoms with Crippen molar-refractivity contribution in [2.24, 2.45) is 0 Å². The van der Waals surface area contributed by atoms with Gasteiger partial charge in [0.15, 0.2) is 17.5 Å². The van der Waals surface area contributed by atoms with Crippen LogP contribution in [0, 0.1) is 0 Å². The summed E-state index contributed by atoms with van der Waals surface area (Å²) in [5.41, 5.74) is 11.0. The van der Waals surface area contributed by atoms with E-state index in [1.165, 1.54) is 42.7 Å². The van der Waals surface area contributed by atoms with E-state index < -0.39 is 0 Å². The van der Waals surface area contributed by atoms with E-state index in [1.807, 2.05) is 72.4 Å². The summed E-state index contributed by atoms with van der Waals surface area (Å²) in [5, 5.41) is 2.49. The quantitative estimate of drug-likeness (QED) is 0.181. The summed E-state index contributed by atoms with van der Waals surface area (Å²) < 4.78 is 2.40. The van der Waals surface area contributed by atoms with Crippen molar-refractivity contribution in [1.82, 2.24) is 19.5 Å². The fraction of sp³-hybridized carbons (Fsp3) is 0. The lowest BCUT2D eigenvalue weighted by molar-refractivity contribution is 1.07. The molecule has 4 nitrogen and oxygen atoms in total. The first-order valence-electron chi connectivity index (χ1n) is 17.4. The van der Waals surface area contributed by atoms with Gasteiger partial charge in [0.25, 0.3) is 0 Å². The Morgan fingerprint density at radius 3 is 1.71 bits per heavy atom. The molecule has 10 rings (SSSR count). The van der Waals surface area contributed by atoms with E-state index in [9.17, 15) is 0 Å². The highest BCUT2D eigenvalue weighted by atomic mass is 32.2. The van der Waals surface area contributed by atoms with Gasteiger partial charge >= 0.3 is 0 Å². The minimum Gasteiger partial charge on any atom is -0.309 e. The Kier molecular flexibility index (Phi) is 7.36. The van der Waals surface area contributed by atoms with Gasteiger partial charge in [-0.25, -0.2) is 15.0 Å². The maximum atomic E-state index is 4.98. The lowest BCUT2D eigenvalue weighted by Gasteiger charge is -2.12. The Bertz CT molecular complexity index is 2760. The molecule has 0 atom stereocenters. The molecule has 1 aliphatic rings. The summed E-state index contributed by atoms with van der Waals surface area (Å²) in [7, 11) is 0. The highest BCUT2D eigenvalue weighted by Gasteiger charge is 2.18. The van der Waals surface area contributed by atoms with Gasteiger partial charge in [-0.05, 0) is 64.7 Å². The predicted molar refractivity (Wildman–Crippen MR) is 215 cm³/mol. The molecule has 1 aliphatic heterocycles. The lowest BCUT2D eigenvalue weighted by atomic mass is 10.0. The van der Waals surface area contributed by atoms with Crippen molar-refractivity contribution in [2.45, 2.75) is 9.79 Å². The normalized spacial score (nSPS) is 12.1. The average molecular weight is 683 g/mol. The molecule has 0 unspecified atom stereocenters. The maximum Gasteiger partial charge on any atom is 0.164 e. The Morgan fingerprint density at radius 1 is 0.365 bits per heavy atom. The van der Waals surface area contributed by atoms with Gasteiger partial charge in [0.1, 0.15) is 0 Å². The van der Waals surface area contributed by atoms with Crippen molar-refractivity contribution in [3.05, 3.63) is 181 Å². The topological polar surface area (TPSA) is 43.6 Å². The second-order valence-corrected chi connectivity index (χ2v) is 14.0. The Labute approximate surface area is 305 Å². The molecule has 52 heavy (non-hydrogen) atoms. The zero-order valence-electron chi connectivity index (χ0n) is 28.0. The van der Waals surface area contributed by atoms with Crippen LogP contribution in [-0.2, 0) is 0 Å². The third-order valence-electron chi connectivity index (χ3n) is 9.64. The predicted octanol–water partition coefficient (Wildman–Crippen LogP) is 12.3. The van der Waals surface area contributed by atoms with Crippen LogP contribution in [0.3, 0.4) is 0 Å². The molecule has 5 heteroatoms. The van der Waals surface area contributed by atoms with Gasteiger partial charge in [0.2, 0.25) is 0 Å². The van der Waals surface area contributed by atoms with Crippen molar-refractivity contribution >= 4 is 45.7 Å². The van der Waals surface area contributed by atoms with Crippen LogP contribution in [0.4, 0.5) is 0 Å². The number of fused-ring (bicyclic) bond motifs is 5. The molecule has 0 fully saturated rings. The van der Waals surface area contributed by atoms with Crippen LogP contribution in [0.5, 0.6) is 0 Å². The molecule has 7 aromatic carbocycles. The van der Waals surface area contributed by atoms with Gasteiger partial charge in [0, 0.05) is 42.9 Å².